The predicted octanol–water partition coefficient (Wildman–Crippen LogP) is 3.50. The van der Waals surface area contributed by atoms with E-state index in [0.29, 0.717) is 16.8 Å². The van der Waals surface area contributed by atoms with E-state index in [2.05, 4.69) is 21.1 Å². The number of phenolic OH excluding ortho intramolecular Hbond substituents is 1. The van der Waals surface area contributed by atoms with Crippen LogP contribution in [0.15, 0.2) is 63.7 Å². The summed E-state index contributed by atoms with van der Waals surface area (Å²) in [6.07, 6.45) is 1.57. The Balaban J connectivity index is 2.07. The Labute approximate surface area is 129 Å². The maximum Gasteiger partial charge on any atom is 0.368 e. The van der Waals surface area contributed by atoms with Gasteiger partial charge in [0.05, 0.1) is 5.57 Å². The zero-order valence-corrected chi connectivity index (χ0v) is 12.4. The van der Waals surface area contributed by atoms with E-state index in [1.807, 2.05) is 30.3 Å². The second-order valence-corrected chi connectivity index (χ2v) is 5.36. The van der Waals surface area contributed by atoms with E-state index in [1.54, 1.807) is 24.3 Å². The molecule has 2 aromatic carbocycles. The van der Waals surface area contributed by atoms with E-state index < -0.39 is 5.97 Å². The highest BCUT2D eigenvalue weighted by Crippen LogP contribution is 2.27. The molecule has 0 saturated heterocycles. The van der Waals surface area contributed by atoms with Crippen LogP contribution in [0.1, 0.15) is 11.1 Å². The molecule has 4 nitrogen and oxygen atoms in total. The number of benzene rings is 2. The molecule has 1 aliphatic heterocycles. The van der Waals surface area contributed by atoms with Crippen molar-refractivity contribution in [2.75, 3.05) is 0 Å². The largest absolute Gasteiger partial charge is 0.507 e. The van der Waals surface area contributed by atoms with Crippen molar-refractivity contribution in [1.29, 1.82) is 0 Å². The molecule has 0 atom stereocenters. The molecule has 0 amide bonds. The Kier molecular flexibility index (Phi) is 3.58. The summed E-state index contributed by atoms with van der Waals surface area (Å²) in [7, 11) is 0. The van der Waals surface area contributed by atoms with Gasteiger partial charge in [-0.15, -0.1) is 0 Å². The zero-order chi connectivity index (χ0) is 14.8. The summed E-state index contributed by atoms with van der Waals surface area (Å²) >= 11 is 3.33. The van der Waals surface area contributed by atoms with Crippen molar-refractivity contribution in [3.05, 3.63) is 69.7 Å². The number of phenols is 1. The Morgan fingerprint density at radius 1 is 1.14 bits per heavy atom. The molecule has 0 aromatic heterocycles. The molecule has 0 spiro atoms. The smallest absolute Gasteiger partial charge is 0.368 e. The SMILES string of the molecule is O=C1ON=C(c2ccccc2)/C1=C/c1cc(Br)ccc1O. The fraction of sp³-hybridized carbons (Fsp3) is 0. The van der Waals surface area contributed by atoms with Crippen LogP contribution in [-0.2, 0) is 9.63 Å². The molecule has 0 aliphatic carbocycles. The first-order chi connectivity index (χ1) is 10.1. The number of rotatable bonds is 2. The third-order valence-electron chi connectivity index (χ3n) is 3.03. The van der Waals surface area contributed by atoms with Crippen LogP contribution in [0.3, 0.4) is 0 Å². The molecule has 0 radical (unpaired) electrons. The second-order valence-electron chi connectivity index (χ2n) is 4.45. The molecule has 21 heavy (non-hydrogen) atoms. The van der Waals surface area contributed by atoms with E-state index >= 15 is 0 Å². The minimum Gasteiger partial charge on any atom is -0.507 e. The first-order valence-electron chi connectivity index (χ1n) is 6.20. The summed E-state index contributed by atoms with van der Waals surface area (Å²) in [6, 6.07) is 14.3. The third kappa shape index (κ3) is 2.73. The molecule has 104 valence electrons. The van der Waals surface area contributed by atoms with Gasteiger partial charge in [0, 0.05) is 15.6 Å². The minimum atomic E-state index is -0.534. The molecule has 0 fully saturated rings. The molecule has 0 saturated carbocycles. The van der Waals surface area contributed by atoms with E-state index in [9.17, 15) is 9.90 Å². The van der Waals surface area contributed by atoms with E-state index in [4.69, 9.17) is 4.84 Å². The Bertz CT molecular complexity index is 766. The minimum absolute atomic E-state index is 0.0813. The summed E-state index contributed by atoms with van der Waals surface area (Å²) in [5.74, 6) is -0.453. The van der Waals surface area contributed by atoms with Crippen LogP contribution in [0.5, 0.6) is 5.75 Å². The van der Waals surface area contributed by atoms with Crippen LogP contribution >= 0.6 is 15.9 Å². The van der Waals surface area contributed by atoms with E-state index in [-0.39, 0.29) is 5.75 Å². The van der Waals surface area contributed by atoms with Crippen LogP contribution < -0.4 is 0 Å². The number of halogens is 1. The topological polar surface area (TPSA) is 58.9 Å². The van der Waals surface area contributed by atoms with Crippen molar-refractivity contribution in [2.24, 2.45) is 5.16 Å². The Hall–Kier alpha value is -2.40. The molecule has 0 bridgehead atoms. The number of hydrogen-bond acceptors (Lipinski definition) is 4. The summed E-state index contributed by atoms with van der Waals surface area (Å²) < 4.78 is 0.803. The van der Waals surface area contributed by atoms with Gasteiger partial charge in [0.15, 0.2) is 0 Å². The molecule has 0 unspecified atom stereocenters. The number of carbonyl (C=O) groups excluding carboxylic acids is 1. The molecular weight excluding hydrogens is 334 g/mol. The van der Waals surface area contributed by atoms with Crippen LogP contribution in [-0.4, -0.2) is 16.8 Å². The quantitative estimate of drug-likeness (QED) is 0.670. The predicted molar refractivity (Wildman–Crippen MR) is 82.9 cm³/mol. The lowest BCUT2D eigenvalue weighted by atomic mass is 10.0. The maximum atomic E-state index is 11.9. The van der Waals surface area contributed by atoms with Crippen molar-refractivity contribution < 1.29 is 14.7 Å². The summed E-state index contributed by atoms with van der Waals surface area (Å²) in [5, 5.41) is 13.7. The van der Waals surface area contributed by atoms with Gasteiger partial charge in [0.2, 0.25) is 0 Å². The molecule has 1 heterocycles. The summed E-state index contributed by atoms with van der Waals surface area (Å²) in [4.78, 5) is 16.6. The molecule has 1 N–H and O–H groups in total. The molecule has 5 heteroatoms. The van der Waals surface area contributed by atoms with Gasteiger partial charge in [-0.05, 0) is 24.3 Å². The highest BCUT2D eigenvalue weighted by atomic mass is 79.9. The number of aromatic hydroxyl groups is 1. The number of carbonyl (C=O) groups is 1. The lowest BCUT2D eigenvalue weighted by molar-refractivity contribution is -0.136. The zero-order valence-electron chi connectivity index (χ0n) is 10.8. The average Bonchev–Trinajstić information content (AvgIpc) is 2.85. The normalized spacial score (nSPS) is 16.0. The summed E-state index contributed by atoms with van der Waals surface area (Å²) in [5.41, 5.74) is 2.07. The van der Waals surface area contributed by atoms with Crippen molar-refractivity contribution in [2.45, 2.75) is 0 Å². The van der Waals surface area contributed by atoms with Crippen LogP contribution in [0.25, 0.3) is 6.08 Å². The van der Waals surface area contributed by atoms with Crippen LogP contribution in [0, 0.1) is 0 Å². The average molecular weight is 344 g/mol. The van der Waals surface area contributed by atoms with E-state index in [1.165, 1.54) is 0 Å². The monoisotopic (exact) mass is 343 g/mol. The lowest BCUT2D eigenvalue weighted by Gasteiger charge is -2.03. The van der Waals surface area contributed by atoms with Gasteiger partial charge < -0.3 is 9.94 Å². The number of nitrogens with zero attached hydrogens (tertiary/aromatic N) is 1. The van der Waals surface area contributed by atoms with Gasteiger partial charge >= 0.3 is 5.97 Å². The molecular formula is C16H10BrNO3. The van der Waals surface area contributed by atoms with Gasteiger partial charge in [-0.3, -0.25) is 0 Å². The van der Waals surface area contributed by atoms with E-state index in [0.717, 1.165) is 10.0 Å². The van der Waals surface area contributed by atoms with Gasteiger partial charge in [-0.1, -0.05) is 51.4 Å². The first-order valence-corrected chi connectivity index (χ1v) is 7.00. The lowest BCUT2D eigenvalue weighted by Crippen LogP contribution is -2.06. The van der Waals surface area contributed by atoms with Gasteiger partial charge in [0.25, 0.3) is 0 Å². The van der Waals surface area contributed by atoms with Crippen LogP contribution in [0.4, 0.5) is 0 Å². The maximum absolute atomic E-state index is 11.9. The first kappa shape index (κ1) is 13.6. The van der Waals surface area contributed by atoms with Gasteiger partial charge in [-0.25, -0.2) is 4.79 Å². The van der Waals surface area contributed by atoms with Gasteiger partial charge in [-0.2, -0.15) is 0 Å². The number of oxime groups is 1. The molecule has 2 aromatic rings. The Morgan fingerprint density at radius 2 is 1.90 bits per heavy atom. The fourth-order valence-electron chi connectivity index (χ4n) is 2.01. The second kappa shape index (κ2) is 5.54. The standard InChI is InChI=1S/C16H10BrNO3/c17-12-6-7-14(19)11(8-12)9-13-15(18-21-16(13)20)10-4-2-1-3-5-10/h1-9,19H/b13-9-. The van der Waals surface area contributed by atoms with Crippen molar-refractivity contribution in [3.63, 3.8) is 0 Å². The molecule has 1 aliphatic rings. The third-order valence-corrected chi connectivity index (χ3v) is 3.52. The van der Waals surface area contributed by atoms with Crippen molar-refractivity contribution in [3.8, 4) is 5.75 Å². The summed E-state index contributed by atoms with van der Waals surface area (Å²) in [6.45, 7) is 0. The van der Waals surface area contributed by atoms with Gasteiger partial charge in [0.1, 0.15) is 11.5 Å². The Morgan fingerprint density at radius 3 is 2.67 bits per heavy atom. The highest BCUT2D eigenvalue weighted by molar-refractivity contribution is 9.10. The highest BCUT2D eigenvalue weighted by Gasteiger charge is 2.26. The molecule has 3 rings (SSSR count). The fourth-order valence-corrected chi connectivity index (χ4v) is 2.39. The number of hydrogen-bond donors (Lipinski definition) is 1. The van der Waals surface area contributed by atoms with Crippen molar-refractivity contribution >= 4 is 33.7 Å². The van der Waals surface area contributed by atoms with Crippen molar-refractivity contribution in [1.82, 2.24) is 0 Å². The van der Waals surface area contributed by atoms with Crippen LogP contribution in [0.2, 0.25) is 0 Å².